The van der Waals surface area contributed by atoms with Crippen LogP contribution in [0.1, 0.15) is 36.8 Å². The number of piperidine rings is 1. The number of phosphoric acid groups is 2. The van der Waals surface area contributed by atoms with Crippen molar-refractivity contribution >= 4 is 38.5 Å². The number of carbonyl (C=O) groups excluding carboxylic acids is 2. The molecule has 4 rings (SSSR count). The van der Waals surface area contributed by atoms with Gasteiger partial charge in [0.25, 0.3) is 0 Å². The Labute approximate surface area is 250 Å². The summed E-state index contributed by atoms with van der Waals surface area (Å²) in [4.78, 5) is 79.0. The van der Waals surface area contributed by atoms with Gasteiger partial charge in [0.05, 0.1) is 5.92 Å². The molecular weight excluding hydrogens is 604 g/mol. The number of H-pyrrole nitrogens is 1. The molecule has 0 radical (unpaired) electrons. The van der Waals surface area contributed by atoms with Crippen molar-refractivity contribution in [1.82, 2.24) is 25.0 Å². The second kappa shape index (κ2) is 16.1. The summed E-state index contributed by atoms with van der Waals surface area (Å²) in [5.41, 5.74) is 3.84. The van der Waals surface area contributed by atoms with Crippen LogP contribution in [0.2, 0.25) is 0 Å². The predicted octanol–water partition coefficient (Wildman–Crippen LogP) is 1.34. The number of hydrogen-bond acceptors (Lipinski definition) is 6. The lowest BCUT2D eigenvalue weighted by Gasteiger charge is -2.47. The number of nitrogens with zero attached hydrogens (tertiary/aromatic N) is 3. The molecule has 3 amide bonds. The van der Waals surface area contributed by atoms with E-state index in [1.165, 1.54) is 21.4 Å². The van der Waals surface area contributed by atoms with Crippen molar-refractivity contribution in [3.8, 4) is 0 Å². The third-order valence-corrected chi connectivity index (χ3v) is 7.11. The largest absolute Gasteiger partial charge is 0.466 e. The molecule has 1 aliphatic heterocycles. The first-order chi connectivity index (χ1) is 19.9. The van der Waals surface area contributed by atoms with Gasteiger partial charge >= 0.3 is 21.7 Å². The van der Waals surface area contributed by atoms with Gasteiger partial charge in [0.2, 0.25) is 5.91 Å². The first-order valence-corrected chi connectivity index (χ1v) is 16.8. The Hall–Kier alpha value is -2.42. The molecule has 0 bridgehead atoms. The number of fused-ring (bicyclic) bond motifs is 2. The van der Waals surface area contributed by atoms with Gasteiger partial charge in [-0.1, -0.05) is 18.2 Å². The van der Waals surface area contributed by atoms with Gasteiger partial charge < -0.3 is 44.6 Å². The Kier molecular flexibility index (Phi) is 13.7. The summed E-state index contributed by atoms with van der Waals surface area (Å²) in [5.74, 6) is -0.0133. The summed E-state index contributed by atoms with van der Waals surface area (Å²) in [7, 11) is -5.27. The topological polar surface area (TPSA) is 227 Å². The second-order valence-electron chi connectivity index (χ2n) is 10.6. The summed E-state index contributed by atoms with van der Waals surface area (Å²) < 4.78 is 17.8. The number of hydrogen-bond donors (Lipinski definition) is 8. The smallest absolute Gasteiger partial charge is 0.361 e. The average molecular weight is 648 g/mol. The zero-order valence-corrected chi connectivity index (χ0v) is 26.3. The minimum Gasteiger partial charge on any atom is -0.361 e. The highest BCUT2D eigenvalue weighted by Crippen LogP contribution is 2.45. The highest BCUT2D eigenvalue weighted by atomic mass is 31.2. The van der Waals surface area contributed by atoms with Crippen LogP contribution in [-0.4, -0.2) is 114 Å². The number of likely N-dealkylation sites (tertiary alicyclic amines) is 1. The third-order valence-electron chi connectivity index (χ3n) is 7.11. The summed E-state index contributed by atoms with van der Waals surface area (Å²) in [5, 5.41) is 4.16. The molecule has 1 aliphatic carbocycles. The van der Waals surface area contributed by atoms with Crippen LogP contribution in [0, 0.1) is 5.92 Å². The molecule has 1 aromatic carbocycles. The first kappa shape index (κ1) is 36.8. The minimum atomic E-state index is -4.64. The molecule has 1 fully saturated rings. The molecule has 0 saturated carbocycles. The highest BCUT2D eigenvalue weighted by Gasteiger charge is 2.43. The number of aromatic nitrogens is 1. The molecule has 242 valence electrons. The number of benzene rings is 1. The van der Waals surface area contributed by atoms with E-state index in [-0.39, 0.29) is 23.8 Å². The molecule has 17 heteroatoms. The van der Waals surface area contributed by atoms with Gasteiger partial charge in [-0.2, -0.15) is 0 Å². The van der Waals surface area contributed by atoms with E-state index in [1.807, 2.05) is 27.1 Å². The predicted molar refractivity (Wildman–Crippen MR) is 161 cm³/mol. The van der Waals surface area contributed by atoms with Gasteiger partial charge in [-0.25, -0.2) is 13.9 Å². The van der Waals surface area contributed by atoms with E-state index in [0.717, 1.165) is 37.9 Å². The van der Waals surface area contributed by atoms with Crippen molar-refractivity contribution in [1.29, 1.82) is 0 Å². The maximum Gasteiger partial charge on any atom is 0.466 e. The van der Waals surface area contributed by atoms with Crippen molar-refractivity contribution < 1.29 is 48.1 Å². The summed E-state index contributed by atoms with van der Waals surface area (Å²) in [6, 6.07) is 6.50. The van der Waals surface area contributed by atoms with E-state index in [0.29, 0.717) is 25.7 Å². The molecule has 43 heavy (non-hydrogen) atoms. The van der Waals surface area contributed by atoms with E-state index >= 15 is 0 Å². The molecule has 0 unspecified atom stereocenters. The number of aromatic amines is 1. The number of amides is 3. The monoisotopic (exact) mass is 647 g/mol. The van der Waals surface area contributed by atoms with Crippen LogP contribution in [-0.2, 0) is 20.3 Å². The van der Waals surface area contributed by atoms with Crippen LogP contribution in [0.3, 0.4) is 0 Å². The Morgan fingerprint density at radius 2 is 1.74 bits per heavy atom. The molecule has 1 aromatic heterocycles. The summed E-state index contributed by atoms with van der Waals surface area (Å²) in [6.07, 6.45) is 6.56. The van der Waals surface area contributed by atoms with Gasteiger partial charge in [-0.15, -0.1) is 6.58 Å². The normalized spacial score (nSPS) is 19.8. The van der Waals surface area contributed by atoms with E-state index in [4.69, 9.17) is 38.5 Å². The van der Waals surface area contributed by atoms with Gasteiger partial charge in [-0.05, 0) is 64.0 Å². The van der Waals surface area contributed by atoms with Crippen LogP contribution in [0.25, 0.3) is 10.9 Å². The quantitative estimate of drug-likeness (QED) is 0.150. The Balaban J connectivity index is 0.000000559. The van der Waals surface area contributed by atoms with Gasteiger partial charge in [0.15, 0.2) is 0 Å². The fourth-order valence-electron chi connectivity index (χ4n) is 5.68. The summed E-state index contributed by atoms with van der Waals surface area (Å²) in [6.45, 7) is 9.02. The number of imide groups is 1. The Morgan fingerprint density at radius 3 is 2.30 bits per heavy atom. The highest BCUT2D eigenvalue weighted by molar-refractivity contribution is 7.45. The van der Waals surface area contributed by atoms with E-state index in [9.17, 15) is 9.59 Å². The number of nitrogens with one attached hydrogen (secondary N) is 2. The van der Waals surface area contributed by atoms with Crippen molar-refractivity contribution in [2.24, 2.45) is 5.92 Å². The van der Waals surface area contributed by atoms with Crippen molar-refractivity contribution in [2.75, 3.05) is 46.8 Å². The van der Waals surface area contributed by atoms with Crippen LogP contribution in [0.4, 0.5) is 4.79 Å². The minimum absolute atomic E-state index is 0.0562. The van der Waals surface area contributed by atoms with Crippen LogP contribution < -0.4 is 5.32 Å². The number of rotatable bonds is 8. The molecule has 2 aromatic rings. The van der Waals surface area contributed by atoms with E-state index < -0.39 is 15.6 Å². The number of urea groups is 1. The van der Waals surface area contributed by atoms with Crippen LogP contribution >= 0.6 is 15.6 Å². The lowest BCUT2D eigenvalue weighted by atomic mass is 9.72. The Bertz CT molecular complexity index is 1300. The number of carbonyl (C=O) groups is 2. The lowest BCUT2D eigenvalue weighted by molar-refractivity contribution is -0.135. The van der Waals surface area contributed by atoms with Crippen molar-refractivity contribution in [2.45, 2.75) is 38.1 Å². The standard InChI is InChI=1S/C26H37N5O2.2H3O4P/c1-5-11-30-17-19(25(32)31(26(33)27-6-2)13-8-12-29(3)4)14-21-20-9-7-10-22-24(20)18(16-28-22)15-23(21)30;2*1-5(2,3)4/h5,7,9-10,16,19,21,23,28H,1,6,8,11-15,17H2,2-4H3,(H,27,33);2*(H3,1,2,3,4)/t19-,21-,23-;;/m1../s1. The van der Waals surface area contributed by atoms with E-state index in [2.05, 4.69) is 51.1 Å². The molecule has 1 saturated heterocycles. The molecule has 15 nitrogen and oxygen atoms in total. The molecule has 0 spiro atoms. The Morgan fingerprint density at radius 1 is 1.12 bits per heavy atom. The molecule has 2 heterocycles. The van der Waals surface area contributed by atoms with Gasteiger partial charge in [0, 0.05) is 55.2 Å². The van der Waals surface area contributed by atoms with Gasteiger partial charge in [-0.3, -0.25) is 14.6 Å². The molecule has 2 aliphatic rings. The maximum atomic E-state index is 13.7. The molecule has 3 atom stereocenters. The molecule has 8 N–H and O–H groups in total. The van der Waals surface area contributed by atoms with E-state index in [1.54, 1.807) is 0 Å². The fraction of sp³-hybridized carbons (Fsp3) is 0.538. The lowest BCUT2D eigenvalue weighted by Crippen LogP contribution is -2.55. The second-order valence-corrected chi connectivity index (χ2v) is 12.7. The summed E-state index contributed by atoms with van der Waals surface area (Å²) >= 11 is 0. The maximum absolute atomic E-state index is 13.7. The SMILES string of the molecule is C=CCN1C[C@H](C(=O)N(CCCN(C)C)C(=O)NCC)C[C@@H]2c3cccc4[nH]cc(c34)C[C@H]21.O=P(O)(O)O.O=P(O)(O)O. The third kappa shape index (κ3) is 11.9. The van der Waals surface area contributed by atoms with Gasteiger partial charge in [0.1, 0.15) is 0 Å². The first-order valence-electron chi connectivity index (χ1n) is 13.7. The molecular formula is C26H43N5O10P2. The fourth-order valence-corrected chi connectivity index (χ4v) is 5.68. The average Bonchev–Trinajstić information content (AvgIpc) is 3.29. The zero-order chi connectivity index (χ0) is 32.5. The van der Waals surface area contributed by atoms with Crippen molar-refractivity contribution in [3.63, 3.8) is 0 Å². The van der Waals surface area contributed by atoms with Crippen LogP contribution in [0.5, 0.6) is 0 Å². The van der Waals surface area contributed by atoms with Crippen molar-refractivity contribution in [3.05, 3.63) is 48.2 Å². The zero-order valence-electron chi connectivity index (χ0n) is 24.5. The van der Waals surface area contributed by atoms with Crippen LogP contribution in [0.15, 0.2) is 37.1 Å².